The van der Waals surface area contributed by atoms with Crippen LogP contribution in [-0.4, -0.2) is 106 Å². The number of nitrogens with zero attached hydrogens (tertiary/aromatic N) is 6. The number of ether oxygens (including phenoxy) is 2. The number of nitrogens with one attached hydrogen (secondary N) is 4. The highest BCUT2D eigenvalue weighted by atomic mass is 19.1. The van der Waals surface area contributed by atoms with Gasteiger partial charge in [-0.2, -0.15) is 0 Å². The molecule has 4 fully saturated rings. The van der Waals surface area contributed by atoms with Gasteiger partial charge in [0.15, 0.2) is 11.6 Å². The third-order valence-electron chi connectivity index (χ3n) is 16.0. The Hall–Kier alpha value is -7.24. The zero-order chi connectivity index (χ0) is 52.7. The number of rotatable bonds is 13. The van der Waals surface area contributed by atoms with E-state index in [2.05, 4.69) is 43.7 Å². The average Bonchev–Trinajstić information content (AvgIpc) is 4.28. The molecule has 4 saturated heterocycles. The number of H-pyrrole nitrogens is 2. The van der Waals surface area contributed by atoms with Gasteiger partial charge in [-0.25, -0.2) is 28.3 Å². The van der Waals surface area contributed by atoms with Crippen LogP contribution in [0.1, 0.15) is 137 Å². The van der Waals surface area contributed by atoms with Crippen molar-refractivity contribution in [1.82, 2.24) is 40.4 Å². The fraction of sp³-hybridized carbons (Fsp3) is 0.474. The summed E-state index contributed by atoms with van der Waals surface area (Å²) in [4.78, 5) is 77.1. The van der Waals surface area contributed by atoms with E-state index in [1.54, 1.807) is 9.80 Å². The Morgan fingerprint density at radius 3 is 1.71 bits per heavy atom. The number of fused-ring (bicyclic) bond motifs is 2. The number of imidazole rings is 2. The minimum absolute atomic E-state index is 0.0102. The second-order valence-electron chi connectivity index (χ2n) is 21.4. The summed E-state index contributed by atoms with van der Waals surface area (Å²) in [6.45, 7) is 9.64. The monoisotopic (exact) mass is 1030 g/mol. The number of anilines is 2. The van der Waals surface area contributed by atoms with Gasteiger partial charge in [0, 0.05) is 37.8 Å². The summed E-state index contributed by atoms with van der Waals surface area (Å²) in [5.74, 6) is -0.521. The van der Waals surface area contributed by atoms with Gasteiger partial charge in [0.1, 0.15) is 29.4 Å². The summed E-state index contributed by atoms with van der Waals surface area (Å²) in [7, 11) is 2.55. The Kier molecular flexibility index (Phi) is 14.7. The van der Waals surface area contributed by atoms with Gasteiger partial charge < -0.3 is 49.7 Å². The fourth-order valence-corrected chi connectivity index (χ4v) is 12.2. The Morgan fingerprint density at radius 2 is 1.13 bits per heavy atom. The van der Waals surface area contributed by atoms with Crippen molar-refractivity contribution in [2.24, 2.45) is 11.8 Å². The topological polar surface area (TPSA) is 181 Å². The van der Waals surface area contributed by atoms with E-state index in [9.17, 15) is 19.2 Å². The lowest BCUT2D eigenvalue weighted by atomic mass is 9.90. The smallest absolute Gasteiger partial charge is 0.407 e. The number of likely N-dealkylation sites (tertiary alicyclic amines) is 2. The van der Waals surface area contributed by atoms with Gasteiger partial charge in [-0.3, -0.25) is 9.59 Å². The van der Waals surface area contributed by atoms with Gasteiger partial charge in [0.2, 0.25) is 11.8 Å². The van der Waals surface area contributed by atoms with E-state index >= 15 is 8.78 Å². The molecule has 0 saturated carbocycles. The maximum Gasteiger partial charge on any atom is 0.407 e. The lowest BCUT2D eigenvalue weighted by molar-refractivity contribution is -0.136. The number of aromatic nitrogens is 4. The van der Waals surface area contributed by atoms with E-state index in [1.807, 2.05) is 81.1 Å². The van der Waals surface area contributed by atoms with Crippen LogP contribution in [0.3, 0.4) is 0 Å². The Morgan fingerprint density at radius 1 is 0.600 bits per heavy atom. The molecule has 4 amide bonds. The summed E-state index contributed by atoms with van der Waals surface area (Å²) in [6, 6.07) is 22.4. The van der Waals surface area contributed by atoms with Gasteiger partial charge in [0.05, 0.1) is 60.5 Å². The van der Waals surface area contributed by atoms with Crippen LogP contribution >= 0.6 is 0 Å². The number of aromatic amines is 2. The molecule has 396 valence electrons. The van der Waals surface area contributed by atoms with Gasteiger partial charge >= 0.3 is 12.2 Å². The number of carbonyl (C=O) groups excluding carboxylic acids is 4. The Bertz CT molecular complexity index is 2900. The van der Waals surface area contributed by atoms with Crippen LogP contribution in [0.2, 0.25) is 0 Å². The number of amides is 4. The number of hydrogen-bond donors (Lipinski definition) is 4. The lowest BCUT2D eigenvalue weighted by Gasteiger charge is -2.36. The van der Waals surface area contributed by atoms with Crippen molar-refractivity contribution in [1.29, 1.82) is 0 Å². The van der Waals surface area contributed by atoms with E-state index in [4.69, 9.17) is 19.4 Å². The highest BCUT2D eigenvalue weighted by molar-refractivity contribution is 5.88. The lowest BCUT2D eigenvalue weighted by Crippen LogP contribution is -2.51. The summed E-state index contributed by atoms with van der Waals surface area (Å²) in [5.41, 5.74) is 6.43. The normalized spacial score (nSPS) is 21.9. The number of halogens is 2. The molecule has 4 aliphatic rings. The molecular weight excluding hydrogens is 959 g/mol. The molecule has 75 heavy (non-hydrogen) atoms. The molecule has 4 aromatic carbocycles. The van der Waals surface area contributed by atoms with Crippen LogP contribution in [0.5, 0.6) is 0 Å². The number of carbonyl (C=O) groups is 4. The molecule has 16 nitrogen and oxygen atoms in total. The maximum absolute atomic E-state index is 16.9. The minimum Gasteiger partial charge on any atom is -0.453 e. The number of piperidine rings is 1. The van der Waals surface area contributed by atoms with Crippen LogP contribution in [0.4, 0.5) is 29.7 Å². The first kappa shape index (κ1) is 51.3. The molecule has 4 N–H and O–H groups in total. The van der Waals surface area contributed by atoms with E-state index in [-0.39, 0.29) is 59.4 Å². The number of benzene rings is 4. The zero-order valence-electron chi connectivity index (χ0n) is 43.6. The summed E-state index contributed by atoms with van der Waals surface area (Å²) in [5, 5.41) is 5.44. The minimum atomic E-state index is -0.768. The Labute approximate surface area is 435 Å². The molecule has 7 atom stereocenters. The largest absolute Gasteiger partial charge is 0.453 e. The first-order valence-electron chi connectivity index (χ1n) is 26.6. The molecule has 2 aromatic heterocycles. The van der Waals surface area contributed by atoms with Gasteiger partial charge in [-0.15, -0.1) is 0 Å². The molecule has 0 aliphatic carbocycles. The molecule has 0 radical (unpaired) electrons. The second kappa shape index (κ2) is 21.5. The van der Waals surface area contributed by atoms with Crippen molar-refractivity contribution >= 4 is 57.4 Å². The van der Waals surface area contributed by atoms with Gasteiger partial charge in [-0.05, 0) is 116 Å². The zero-order valence-corrected chi connectivity index (χ0v) is 43.6. The van der Waals surface area contributed by atoms with Gasteiger partial charge in [-0.1, -0.05) is 70.2 Å². The van der Waals surface area contributed by atoms with Crippen LogP contribution in [-0.2, 0) is 19.1 Å². The molecule has 2 unspecified atom stereocenters. The molecule has 18 heteroatoms. The third kappa shape index (κ3) is 10.2. The van der Waals surface area contributed by atoms with Crippen LogP contribution in [0, 0.1) is 23.5 Å². The molecule has 6 aromatic rings. The average molecular weight is 1030 g/mol. The van der Waals surface area contributed by atoms with Crippen molar-refractivity contribution in [3.63, 3.8) is 0 Å². The van der Waals surface area contributed by atoms with Crippen LogP contribution < -0.4 is 20.4 Å². The highest BCUT2D eigenvalue weighted by Gasteiger charge is 2.41. The fourth-order valence-electron chi connectivity index (χ4n) is 12.2. The SMILES string of the molecule is COC(=O)NC(C(=O)N1CCC[C@H]1c1nc2ccc([C@H]3CC[C@H](c4ccc5[nH]c([C@@H]6CCCN6C(=O)[C@@H](NC(=O)OC)C(C)C)nc5c4)N3c3cc(F)c(N4CCCC(c5ccccc5)C4)c(F)c3)cc2[nH]1)C(C)C. The van der Waals surface area contributed by atoms with Crippen molar-refractivity contribution in [3.8, 4) is 0 Å². The summed E-state index contributed by atoms with van der Waals surface area (Å²) >= 11 is 0. The molecule has 4 aliphatic heterocycles. The van der Waals surface area contributed by atoms with Crippen molar-refractivity contribution in [3.05, 3.63) is 119 Å². The van der Waals surface area contributed by atoms with E-state index < -0.39 is 35.9 Å². The standard InChI is InChI=1S/C57H68F2N10O6/c1-32(2)49(64-56(72)74-5)54(70)67-25-11-16-47(67)52-60-41-20-18-35(27-43(41)62-52)45-22-23-46(69(45)38-29-39(58)51(40(59)30-38)66-24-10-15-37(31-66)34-13-8-7-9-14-34)36-19-21-42-44(28-36)63-53(61-42)48-17-12-26-68(48)55(71)50(33(3)4)65-57(73)75-6/h7-9,13-14,18-21,27-30,32-33,37,45-50H,10-12,15-17,22-26,31H2,1-6H3,(H,60,62)(H,61,63)(H,64,72)(H,65,73)/t37?,45-,46-,47+,48+,49+,50?/m1/s1. The van der Waals surface area contributed by atoms with Crippen LogP contribution in [0.25, 0.3) is 22.1 Å². The number of hydrogen-bond acceptors (Lipinski definition) is 10. The summed E-state index contributed by atoms with van der Waals surface area (Å²) < 4.78 is 43.5. The van der Waals surface area contributed by atoms with Crippen molar-refractivity contribution < 1.29 is 37.4 Å². The van der Waals surface area contributed by atoms with E-state index in [1.165, 1.54) is 26.4 Å². The number of methoxy groups -OCH3 is 2. The second-order valence-corrected chi connectivity index (χ2v) is 21.4. The highest BCUT2D eigenvalue weighted by Crippen LogP contribution is 2.49. The van der Waals surface area contributed by atoms with Crippen molar-refractivity contribution in [2.75, 3.05) is 50.2 Å². The first-order chi connectivity index (χ1) is 36.2. The van der Waals surface area contributed by atoms with Crippen LogP contribution in [0.15, 0.2) is 78.9 Å². The first-order valence-corrected chi connectivity index (χ1v) is 26.6. The number of alkyl carbamates (subject to hydrolysis) is 2. The predicted octanol–water partition coefficient (Wildman–Crippen LogP) is 10.3. The van der Waals surface area contributed by atoms with E-state index in [0.29, 0.717) is 74.7 Å². The molecule has 0 spiro atoms. The summed E-state index contributed by atoms with van der Waals surface area (Å²) in [6.07, 6.45) is 4.70. The third-order valence-corrected chi connectivity index (χ3v) is 16.0. The molecular formula is C57H68F2N10O6. The molecule has 6 heterocycles. The Balaban J connectivity index is 0.978. The van der Waals surface area contributed by atoms with Crippen molar-refractivity contribution in [2.45, 2.75) is 121 Å². The van der Waals surface area contributed by atoms with Gasteiger partial charge in [0.25, 0.3) is 0 Å². The quantitative estimate of drug-likeness (QED) is 0.0869. The van der Waals surface area contributed by atoms with E-state index in [0.717, 1.165) is 58.9 Å². The molecule has 10 rings (SSSR count). The maximum atomic E-state index is 16.9. The predicted molar refractivity (Wildman–Crippen MR) is 282 cm³/mol. The molecule has 0 bridgehead atoms.